The number of hydrogen-bond donors (Lipinski definition) is 1. The van der Waals surface area contributed by atoms with Gasteiger partial charge in [-0.05, 0) is 56.2 Å². The Balaban J connectivity index is 2.43. The lowest BCUT2D eigenvalue weighted by Gasteiger charge is -2.33. The molecule has 0 fully saturated rings. The van der Waals surface area contributed by atoms with Crippen molar-refractivity contribution >= 4 is 39.1 Å². The highest BCUT2D eigenvalue weighted by Gasteiger charge is 2.32. The van der Waals surface area contributed by atoms with Crippen LogP contribution in [0.15, 0.2) is 48.5 Å². The number of nitrogens with zero attached hydrogens (tertiary/aromatic N) is 2. The molecule has 0 heterocycles. The second-order valence-electron chi connectivity index (χ2n) is 8.21. The number of nitrogens with one attached hydrogen (secondary N) is 1. The van der Waals surface area contributed by atoms with Gasteiger partial charge in [0.15, 0.2) is 0 Å². The fourth-order valence-corrected chi connectivity index (χ4v) is 4.50. The van der Waals surface area contributed by atoms with Crippen molar-refractivity contribution in [2.24, 2.45) is 0 Å². The van der Waals surface area contributed by atoms with Crippen molar-refractivity contribution in [3.63, 3.8) is 0 Å². The summed E-state index contributed by atoms with van der Waals surface area (Å²) in [4.78, 5) is 27.9. The lowest BCUT2D eigenvalue weighted by Crippen LogP contribution is -2.53. The molecule has 0 bridgehead atoms. The number of amides is 2. The zero-order valence-corrected chi connectivity index (χ0v) is 21.7. The Morgan fingerprint density at radius 1 is 1.12 bits per heavy atom. The van der Waals surface area contributed by atoms with E-state index in [4.69, 9.17) is 16.3 Å². The van der Waals surface area contributed by atoms with Gasteiger partial charge in [0.05, 0.1) is 19.1 Å². The topological polar surface area (TPSA) is 96.0 Å². The highest BCUT2D eigenvalue weighted by atomic mass is 35.5. The maximum absolute atomic E-state index is 13.6. The molecule has 8 nitrogen and oxygen atoms in total. The van der Waals surface area contributed by atoms with Gasteiger partial charge in [0, 0.05) is 17.6 Å². The lowest BCUT2D eigenvalue weighted by atomic mass is 10.1. The maximum atomic E-state index is 13.6. The third-order valence-electron chi connectivity index (χ3n) is 5.10. The molecule has 0 saturated carbocycles. The number of rotatable bonds is 11. The predicted molar refractivity (Wildman–Crippen MR) is 135 cm³/mol. The van der Waals surface area contributed by atoms with E-state index in [9.17, 15) is 18.0 Å². The van der Waals surface area contributed by atoms with Crippen LogP contribution in [0.25, 0.3) is 0 Å². The number of hydrogen-bond acceptors (Lipinski definition) is 5. The lowest BCUT2D eigenvalue weighted by molar-refractivity contribution is -0.140. The van der Waals surface area contributed by atoms with Crippen LogP contribution >= 0.6 is 11.6 Å². The minimum absolute atomic E-state index is 0.113. The summed E-state index contributed by atoms with van der Waals surface area (Å²) < 4.78 is 31.3. The molecule has 1 unspecified atom stereocenters. The van der Waals surface area contributed by atoms with Gasteiger partial charge in [-0.25, -0.2) is 8.42 Å². The van der Waals surface area contributed by atoms with E-state index in [0.29, 0.717) is 17.2 Å². The molecular weight excluding hydrogens is 478 g/mol. The first-order valence-electron chi connectivity index (χ1n) is 10.9. The fraction of sp³-hybridized carbons (Fsp3) is 0.417. The van der Waals surface area contributed by atoms with E-state index >= 15 is 0 Å². The molecule has 2 aromatic carbocycles. The monoisotopic (exact) mass is 509 g/mol. The normalized spacial score (nSPS) is 12.2. The van der Waals surface area contributed by atoms with E-state index < -0.39 is 28.5 Å². The molecule has 2 amide bonds. The zero-order valence-electron chi connectivity index (χ0n) is 20.1. The Morgan fingerprint density at radius 3 is 2.26 bits per heavy atom. The molecular formula is C24H32ClN3O5S. The molecule has 1 atom stereocenters. The second-order valence-corrected chi connectivity index (χ2v) is 10.5. The van der Waals surface area contributed by atoms with Crippen LogP contribution in [0, 0.1) is 0 Å². The van der Waals surface area contributed by atoms with Gasteiger partial charge in [-0.1, -0.05) is 36.7 Å². The molecule has 2 rings (SSSR count). The van der Waals surface area contributed by atoms with Crippen LogP contribution in [-0.2, 0) is 26.2 Å². The summed E-state index contributed by atoms with van der Waals surface area (Å²) in [6.45, 7) is 5.14. The molecule has 186 valence electrons. The quantitative estimate of drug-likeness (QED) is 0.500. The van der Waals surface area contributed by atoms with Crippen molar-refractivity contribution < 1.29 is 22.7 Å². The third kappa shape index (κ3) is 7.63. The number of benzene rings is 2. The molecule has 2 aromatic rings. The van der Waals surface area contributed by atoms with Crippen molar-refractivity contribution in [2.45, 2.75) is 45.8 Å². The largest absolute Gasteiger partial charge is 0.497 e. The van der Waals surface area contributed by atoms with E-state index in [1.54, 1.807) is 49.6 Å². The van der Waals surface area contributed by atoms with Crippen LogP contribution in [-0.4, -0.2) is 57.1 Å². The number of sulfonamides is 1. The van der Waals surface area contributed by atoms with Gasteiger partial charge in [-0.15, -0.1) is 0 Å². The minimum atomic E-state index is -3.81. The van der Waals surface area contributed by atoms with Gasteiger partial charge in [0.2, 0.25) is 21.8 Å². The molecule has 0 aromatic heterocycles. The first-order valence-corrected chi connectivity index (χ1v) is 13.1. The molecule has 0 aliphatic rings. The summed E-state index contributed by atoms with van der Waals surface area (Å²) in [5.74, 6) is -0.143. The van der Waals surface area contributed by atoms with Crippen LogP contribution in [0.2, 0.25) is 5.02 Å². The average molecular weight is 510 g/mol. The molecule has 0 saturated heterocycles. The third-order valence-corrected chi connectivity index (χ3v) is 6.48. The molecule has 0 spiro atoms. The molecule has 1 N–H and O–H groups in total. The molecule has 10 heteroatoms. The molecule has 0 radical (unpaired) electrons. The number of carbonyl (C=O) groups is 2. The van der Waals surface area contributed by atoms with Crippen LogP contribution in [0.5, 0.6) is 5.75 Å². The Hall–Kier alpha value is -2.78. The van der Waals surface area contributed by atoms with E-state index in [1.165, 1.54) is 11.0 Å². The number of methoxy groups -OCH3 is 1. The Morgan fingerprint density at radius 2 is 1.76 bits per heavy atom. The highest BCUT2D eigenvalue weighted by Crippen LogP contribution is 2.23. The zero-order chi connectivity index (χ0) is 25.5. The van der Waals surface area contributed by atoms with E-state index in [-0.39, 0.29) is 24.2 Å². The maximum Gasteiger partial charge on any atom is 0.244 e. The van der Waals surface area contributed by atoms with Crippen molar-refractivity contribution in [1.29, 1.82) is 0 Å². The molecule has 34 heavy (non-hydrogen) atoms. The van der Waals surface area contributed by atoms with E-state index in [1.807, 2.05) is 20.8 Å². The minimum Gasteiger partial charge on any atom is -0.497 e. The van der Waals surface area contributed by atoms with Gasteiger partial charge in [0.25, 0.3) is 0 Å². The van der Waals surface area contributed by atoms with E-state index in [2.05, 4.69) is 5.32 Å². The number of anilines is 1. The van der Waals surface area contributed by atoms with Crippen molar-refractivity contribution in [3.8, 4) is 5.75 Å². The predicted octanol–water partition coefficient (Wildman–Crippen LogP) is 3.45. The second kappa shape index (κ2) is 12.1. The Kier molecular flexibility index (Phi) is 9.76. The molecule has 0 aliphatic heterocycles. The van der Waals surface area contributed by atoms with Gasteiger partial charge in [0.1, 0.15) is 18.3 Å². The summed E-state index contributed by atoms with van der Waals surface area (Å²) >= 11 is 6.05. The Bertz CT molecular complexity index is 1090. The van der Waals surface area contributed by atoms with Crippen LogP contribution in [0.4, 0.5) is 5.69 Å². The standard InChI is InChI=1S/C24H32ClN3O5S/c1-6-22(24(30)26-17(2)3)27(15-18-10-12-21(33-4)13-11-18)23(29)16-28(34(5,31)32)20-9-7-8-19(25)14-20/h7-14,17,22H,6,15-16H2,1-5H3,(H,26,30). The van der Waals surface area contributed by atoms with Gasteiger partial charge >= 0.3 is 0 Å². The summed E-state index contributed by atoms with van der Waals surface area (Å²) in [7, 11) is -2.25. The molecule has 0 aliphatic carbocycles. The highest BCUT2D eigenvalue weighted by molar-refractivity contribution is 7.92. The average Bonchev–Trinajstić information content (AvgIpc) is 2.76. The number of halogens is 1. The number of carbonyl (C=O) groups excluding carboxylic acids is 2. The van der Waals surface area contributed by atoms with Crippen molar-refractivity contribution in [1.82, 2.24) is 10.2 Å². The first-order chi connectivity index (χ1) is 16.0. The first kappa shape index (κ1) is 27.5. The van der Waals surface area contributed by atoms with Crippen molar-refractivity contribution in [3.05, 3.63) is 59.1 Å². The van der Waals surface area contributed by atoms with Crippen LogP contribution < -0.4 is 14.4 Å². The van der Waals surface area contributed by atoms with Crippen LogP contribution in [0.1, 0.15) is 32.8 Å². The van der Waals surface area contributed by atoms with Gasteiger partial charge in [-0.3, -0.25) is 13.9 Å². The van der Waals surface area contributed by atoms with Gasteiger partial charge in [-0.2, -0.15) is 0 Å². The van der Waals surface area contributed by atoms with Gasteiger partial charge < -0.3 is 15.0 Å². The SMILES string of the molecule is CCC(C(=O)NC(C)C)N(Cc1ccc(OC)cc1)C(=O)CN(c1cccc(Cl)c1)S(C)(=O)=O. The number of ether oxygens (including phenoxy) is 1. The summed E-state index contributed by atoms with van der Waals surface area (Å²) in [6, 6.07) is 12.5. The smallest absolute Gasteiger partial charge is 0.244 e. The summed E-state index contributed by atoms with van der Waals surface area (Å²) in [5.41, 5.74) is 1.05. The fourth-order valence-electron chi connectivity index (χ4n) is 3.47. The van der Waals surface area contributed by atoms with Crippen LogP contribution in [0.3, 0.4) is 0 Å². The van der Waals surface area contributed by atoms with Crippen molar-refractivity contribution in [2.75, 3.05) is 24.2 Å². The Labute approximate surface area is 206 Å². The summed E-state index contributed by atoms with van der Waals surface area (Å²) in [6.07, 6.45) is 1.38. The van der Waals surface area contributed by atoms with E-state index in [0.717, 1.165) is 16.1 Å². The summed E-state index contributed by atoms with van der Waals surface area (Å²) in [5, 5.41) is 3.20.